The first-order valence-electron chi connectivity index (χ1n) is 6.41. The van der Waals surface area contributed by atoms with Gasteiger partial charge in [0.2, 0.25) is 5.91 Å². The number of rotatable bonds is 6. The molecule has 0 fully saturated rings. The highest BCUT2D eigenvalue weighted by Gasteiger charge is 2.01. The maximum atomic E-state index is 11.7. The number of nitrogens with one attached hydrogen (secondary N) is 1. The molecule has 0 aliphatic heterocycles. The van der Waals surface area contributed by atoms with Crippen molar-refractivity contribution < 1.29 is 18.7 Å². The van der Waals surface area contributed by atoms with Crippen LogP contribution in [-0.4, -0.2) is 20.1 Å². The highest BCUT2D eigenvalue weighted by molar-refractivity contribution is 5.91. The van der Waals surface area contributed by atoms with Crippen molar-refractivity contribution in [3.05, 3.63) is 54.0 Å². The Kier molecular flexibility index (Phi) is 5.04. The minimum Gasteiger partial charge on any atom is -0.497 e. The molecular formula is C16H17NO4. The molecule has 5 heteroatoms. The molecule has 1 heterocycles. The van der Waals surface area contributed by atoms with E-state index in [2.05, 4.69) is 5.32 Å². The molecule has 0 atom stereocenters. The van der Waals surface area contributed by atoms with Crippen LogP contribution in [0.1, 0.15) is 11.1 Å². The Bertz CT molecular complexity index is 595. The smallest absolute Gasteiger partial charge is 0.244 e. The van der Waals surface area contributed by atoms with Crippen LogP contribution in [0.15, 0.2) is 47.3 Å². The monoisotopic (exact) mass is 287 g/mol. The van der Waals surface area contributed by atoms with E-state index in [-0.39, 0.29) is 5.91 Å². The number of ether oxygens (including phenoxy) is 2. The Balaban J connectivity index is 1.97. The number of carbonyl (C=O) groups is 1. The summed E-state index contributed by atoms with van der Waals surface area (Å²) in [7, 11) is 3.17. The molecule has 1 aromatic heterocycles. The highest BCUT2D eigenvalue weighted by Crippen LogP contribution is 2.23. The van der Waals surface area contributed by atoms with Gasteiger partial charge >= 0.3 is 0 Å². The predicted molar refractivity (Wildman–Crippen MR) is 79.1 cm³/mol. The molecule has 21 heavy (non-hydrogen) atoms. The van der Waals surface area contributed by atoms with Gasteiger partial charge in [-0.05, 0) is 29.8 Å². The summed E-state index contributed by atoms with van der Waals surface area (Å²) in [5, 5.41) is 2.76. The number of hydrogen-bond acceptors (Lipinski definition) is 4. The maximum absolute atomic E-state index is 11.7. The first kappa shape index (κ1) is 14.7. The molecule has 2 rings (SSSR count). The molecule has 5 nitrogen and oxygen atoms in total. The fraction of sp³-hybridized carbons (Fsp3) is 0.188. The van der Waals surface area contributed by atoms with E-state index in [0.29, 0.717) is 18.0 Å². The van der Waals surface area contributed by atoms with E-state index in [9.17, 15) is 4.79 Å². The van der Waals surface area contributed by atoms with E-state index >= 15 is 0 Å². The second-order valence-corrected chi connectivity index (χ2v) is 4.33. The number of carbonyl (C=O) groups excluding carboxylic acids is 1. The van der Waals surface area contributed by atoms with E-state index in [4.69, 9.17) is 13.9 Å². The minimum atomic E-state index is -0.182. The molecule has 110 valence electrons. The van der Waals surface area contributed by atoms with Gasteiger partial charge < -0.3 is 19.2 Å². The Morgan fingerprint density at radius 3 is 2.52 bits per heavy atom. The van der Waals surface area contributed by atoms with Crippen LogP contribution in [0.2, 0.25) is 0 Å². The maximum Gasteiger partial charge on any atom is 0.244 e. The average molecular weight is 287 g/mol. The molecule has 0 radical (unpaired) electrons. The van der Waals surface area contributed by atoms with Crippen molar-refractivity contribution in [3.8, 4) is 11.5 Å². The minimum absolute atomic E-state index is 0.182. The number of furan rings is 1. The average Bonchev–Trinajstić information content (AvgIpc) is 3.03. The summed E-state index contributed by atoms with van der Waals surface area (Å²) in [4.78, 5) is 11.7. The van der Waals surface area contributed by atoms with E-state index in [1.165, 1.54) is 6.08 Å². The number of benzene rings is 1. The standard InChI is InChI=1S/C16H17NO4/c1-19-14-7-12(8-15(9-14)20-2)3-4-16(18)17-10-13-5-6-21-11-13/h3-9,11H,10H2,1-2H3,(H,17,18)/b4-3+. The van der Waals surface area contributed by atoms with Crippen molar-refractivity contribution in [2.45, 2.75) is 6.54 Å². The van der Waals surface area contributed by atoms with Crippen molar-refractivity contribution in [1.29, 1.82) is 0 Å². The normalized spacial score (nSPS) is 10.6. The quantitative estimate of drug-likeness (QED) is 0.830. The van der Waals surface area contributed by atoms with Gasteiger partial charge in [0.1, 0.15) is 11.5 Å². The summed E-state index contributed by atoms with van der Waals surface area (Å²) in [6.07, 6.45) is 6.33. The van der Waals surface area contributed by atoms with Crippen LogP contribution in [0.3, 0.4) is 0 Å². The van der Waals surface area contributed by atoms with E-state index < -0.39 is 0 Å². The first-order valence-corrected chi connectivity index (χ1v) is 6.41. The molecule has 0 spiro atoms. The Labute approximate surface area is 123 Å². The molecule has 1 amide bonds. The van der Waals surface area contributed by atoms with Crippen LogP contribution >= 0.6 is 0 Å². The molecule has 2 aromatic rings. The van der Waals surface area contributed by atoms with Crippen molar-refractivity contribution in [3.63, 3.8) is 0 Å². The van der Waals surface area contributed by atoms with Crippen LogP contribution in [0.4, 0.5) is 0 Å². The lowest BCUT2D eigenvalue weighted by molar-refractivity contribution is -0.116. The third-order valence-corrected chi connectivity index (χ3v) is 2.85. The molecule has 0 saturated carbocycles. The second kappa shape index (κ2) is 7.19. The van der Waals surface area contributed by atoms with Crippen LogP contribution < -0.4 is 14.8 Å². The van der Waals surface area contributed by atoms with Crippen LogP contribution in [0.25, 0.3) is 6.08 Å². The molecule has 0 unspecified atom stereocenters. The lowest BCUT2D eigenvalue weighted by Gasteiger charge is -2.05. The van der Waals surface area contributed by atoms with Gasteiger partial charge in [-0.25, -0.2) is 0 Å². The fourth-order valence-electron chi connectivity index (χ4n) is 1.74. The number of hydrogen-bond donors (Lipinski definition) is 1. The SMILES string of the molecule is COc1cc(/C=C/C(=O)NCc2ccoc2)cc(OC)c1. The molecule has 0 saturated heterocycles. The number of amides is 1. The second-order valence-electron chi connectivity index (χ2n) is 4.33. The third-order valence-electron chi connectivity index (χ3n) is 2.85. The van der Waals surface area contributed by atoms with E-state index in [1.807, 2.05) is 12.1 Å². The van der Waals surface area contributed by atoms with Crippen molar-refractivity contribution in [2.24, 2.45) is 0 Å². The van der Waals surface area contributed by atoms with Crippen molar-refractivity contribution in [1.82, 2.24) is 5.32 Å². The summed E-state index contributed by atoms with van der Waals surface area (Å²) in [5.41, 5.74) is 1.74. The van der Waals surface area contributed by atoms with E-state index in [0.717, 1.165) is 11.1 Å². The first-order chi connectivity index (χ1) is 10.2. The molecule has 0 bridgehead atoms. The van der Waals surface area contributed by atoms with Gasteiger partial charge in [0.15, 0.2) is 0 Å². The Morgan fingerprint density at radius 1 is 1.24 bits per heavy atom. The molecule has 0 aliphatic rings. The summed E-state index contributed by atoms with van der Waals surface area (Å²) >= 11 is 0. The van der Waals surface area contributed by atoms with E-state index in [1.54, 1.807) is 45.0 Å². The van der Waals surface area contributed by atoms with Gasteiger partial charge in [-0.1, -0.05) is 0 Å². The summed E-state index contributed by atoms with van der Waals surface area (Å²) in [5.74, 6) is 1.17. The van der Waals surface area contributed by atoms with Crippen molar-refractivity contribution in [2.75, 3.05) is 14.2 Å². The summed E-state index contributed by atoms with van der Waals surface area (Å²) in [6, 6.07) is 7.22. The van der Waals surface area contributed by atoms with Crippen LogP contribution in [0, 0.1) is 0 Å². The van der Waals surface area contributed by atoms with Gasteiger partial charge in [-0.3, -0.25) is 4.79 Å². The zero-order chi connectivity index (χ0) is 15.1. The molecule has 1 N–H and O–H groups in total. The Morgan fingerprint density at radius 2 is 1.95 bits per heavy atom. The van der Waals surface area contributed by atoms with Crippen LogP contribution in [-0.2, 0) is 11.3 Å². The van der Waals surface area contributed by atoms with Crippen molar-refractivity contribution >= 4 is 12.0 Å². The lowest BCUT2D eigenvalue weighted by atomic mass is 10.2. The zero-order valence-corrected chi connectivity index (χ0v) is 12.0. The van der Waals surface area contributed by atoms with Gasteiger partial charge in [-0.2, -0.15) is 0 Å². The largest absolute Gasteiger partial charge is 0.497 e. The molecule has 0 aliphatic carbocycles. The van der Waals surface area contributed by atoms with Gasteiger partial charge in [0, 0.05) is 24.3 Å². The van der Waals surface area contributed by atoms with Gasteiger partial charge in [0.05, 0.1) is 26.7 Å². The zero-order valence-electron chi connectivity index (χ0n) is 12.0. The van der Waals surface area contributed by atoms with Gasteiger partial charge in [-0.15, -0.1) is 0 Å². The van der Waals surface area contributed by atoms with Gasteiger partial charge in [0.25, 0.3) is 0 Å². The molecule has 1 aromatic carbocycles. The number of methoxy groups -OCH3 is 2. The highest BCUT2D eigenvalue weighted by atomic mass is 16.5. The predicted octanol–water partition coefficient (Wildman–Crippen LogP) is 2.63. The Hall–Kier alpha value is -2.69. The summed E-state index contributed by atoms with van der Waals surface area (Å²) in [6.45, 7) is 0.432. The summed E-state index contributed by atoms with van der Waals surface area (Å²) < 4.78 is 15.3. The third kappa shape index (κ3) is 4.42. The molecular weight excluding hydrogens is 270 g/mol. The lowest BCUT2D eigenvalue weighted by Crippen LogP contribution is -2.19. The fourth-order valence-corrected chi connectivity index (χ4v) is 1.74. The van der Waals surface area contributed by atoms with Crippen LogP contribution in [0.5, 0.6) is 11.5 Å². The topological polar surface area (TPSA) is 60.7 Å².